The van der Waals surface area contributed by atoms with Gasteiger partial charge >= 0.3 is 0 Å². The van der Waals surface area contributed by atoms with Gasteiger partial charge in [0.25, 0.3) is 5.91 Å². The van der Waals surface area contributed by atoms with E-state index in [1.54, 1.807) is 41.5 Å². The minimum Gasteiger partial charge on any atom is -0.392 e. The Bertz CT molecular complexity index is 1100. The fraction of sp³-hybridized carbons (Fsp3) is 0.364. The molecule has 10 heteroatoms. The molecule has 0 saturated carbocycles. The zero-order valence-electron chi connectivity index (χ0n) is 17.7. The highest BCUT2D eigenvalue weighted by molar-refractivity contribution is 6.30. The molecular formula is C22H25ClN6O3. The van der Waals surface area contributed by atoms with E-state index in [0.29, 0.717) is 22.4 Å². The average Bonchev–Trinajstić information content (AvgIpc) is 3.30. The number of aliphatic hydroxyl groups excluding tert-OH is 1. The Balaban J connectivity index is 1.45. The molecule has 1 aliphatic rings. The van der Waals surface area contributed by atoms with Crippen molar-refractivity contribution < 1.29 is 14.6 Å². The number of anilines is 1. The van der Waals surface area contributed by atoms with Crippen molar-refractivity contribution in [1.29, 1.82) is 0 Å². The Kier molecular flexibility index (Phi) is 6.99. The third kappa shape index (κ3) is 5.24. The molecule has 3 heterocycles. The van der Waals surface area contributed by atoms with Gasteiger partial charge in [0, 0.05) is 48.8 Å². The lowest BCUT2D eigenvalue weighted by atomic mass is 10.1. The van der Waals surface area contributed by atoms with Crippen molar-refractivity contribution in [3.8, 4) is 5.82 Å². The summed E-state index contributed by atoms with van der Waals surface area (Å²) in [5.41, 5.74) is 2.59. The monoisotopic (exact) mass is 456 g/mol. The normalized spacial score (nSPS) is 14.3. The van der Waals surface area contributed by atoms with Crippen LogP contribution in [0.1, 0.15) is 40.0 Å². The van der Waals surface area contributed by atoms with E-state index in [2.05, 4.69) is 25.6 Å². The molecule has 2 aromatic heterocycles. The first-order valence-electron chi connectivity index (χ1n) is 10.4. The van der Waals surface area contributed by atoms with Crippen molar-refractivity contribution >= 4 is 23.5 Å². The summed E-state index contributed by atoms with van der Waals surface area (Å²) in [5.74, 6) is 0.868. The maximum atomic E-state index is 12.6. The second-order valence-corrected chi connectivity index (χ2v) is 8.09. The number of aliphatic hydroxyl groups is 1. The first-order valence-corrected chi connectivity index (χ1v) is 10.8. The SMILES string of the molecule is Cc1cnc(NC2CCOCC2)nc1-n1cnc(C(=O)NCc2ccc(Cl)cc2CO)c1. The van der Waals surface area contributed by atoms with Crippen LogP contribution in [0, 0.1) is 6.92 Å². The summed E-state index contributed by atoms with van der Waals surface area (Å²) in [6.45, 7) is 3.46. The topological polar surface area (TPSA) is 114 Å². The molecule has 1 fully saturated rings. The number of benzene rings is 1. The van der Waals surface area contributed by atoms with Crippen molar-refractivity contribution in [3.63, 3.8) is 0 Å². The predicted octanol–water partition coefficient (Wildman–Crippen LogP) is 2.64. The Morgan fingerprint density at radius 2 is 2.09 bits per heavy atom. The Labute approximate surface area is 190 Å². The van der Waals surface area contributed by atoms with Crippen LogP contribution >= 0.6 is 11.6 Å². The van der Waals surface area contributed by atoms with Gasteiger partial charge in [-0.25, -0.2) is 9.97 Å². The smallest absolute Gasteiger partial charge is 0.271 e. The zero-order chi connectivity index (χ0) is 22.5. The van der Waals surface area contributed by atoms with E-state index in [-0.39, 0.29) is 30.8 Å². The number of carbonyl (C=O) groups is 1. The maximum absolute atomic E-state index is 12.6. The van der Waals surface area contributed by atoms with E-state index >= 15 is 0 Å². The van der Waals surface area contributed by atoms with Crippen LogP contribution in [0.4, 0.5) is 5.95 Å². The van der Waals surface area contributed by atoms with Crippen LogP contribution in [0.5, 0.6) is 0 Å². The first kappa shape index (κ1) is 22.2. The summed E-state index contributed by atoms with van der Waals surface area (Å²) in [6.07, 6.45) is 6.77. The van der Waals surface area contributed by atoms with Gasteiger partial charge in [-0.3, -0.25) is 9.36 Å². The minimum absolute atomic E-state index is 0.155. The van der Waals surface area contributed by atoms with Gasteiger partial charge < -0.3 is 20.5 Å². The standard InChI is InChI=1S/C22H25ClN6O3/c1-14-9-25-22(27-18-4-6-32-7-5-18)28-20(14)29-11-19(26-13-29)21(31)24-10-15-2-3-17(23)8-16(15)12-30/h2-3,8-9,11,13,18,30H,4-7,10,12H2,1H3,(H,24,31)(H,25,27,28). The van der Waals surface area contributed by atoms with Crippen LogP contribution in [-0.2, 0) is 17.9 Å². The molecule has 168 valence electrons. The van der Waals surface area contributed by atoms with E-state index < -0.39 is 0 Å². The summed E-state index contributed by atoms with van der Waals surface area (Å²) in [7, 11) is 0. The maximum Gasteiger partial charge on any atom is 0.271 e. The molecule has 4 rings (SSSR count). The number of halogens is 1. The molecule has 1 saturated heterocycles. The highest BCUT2D eigenvalue weighted by atomic mass is 35.5. The van der Waals surface area contributed by atoms with Crippen LogP contribution < -0.4 is 10.6 Å². The van der Waals surface area contributed by atoms with Gasteiger partial charge in [-0.15, -0.1) is 0 Å². The first-order chi connectivity index (χ1) is 15.5. The number of hydrogen-bond donors (Lipinski definition) is 3. The molecule has 32 heavy (non-hydrogen) atoms. The molecule has 0 unspecified atom stereocenters. The van der Waals surface area contributed by atoms with Gasteiger partial charge in [0.2, 0.25) is 5.95 Å². The lowest BCUT2D eigenvalue weighted by molar-refractivity contribution is 0.0903. The summed E-state index contributed by atoms with van der Waals surface area (Å²) in [5, 5.41) is 16.2. The van der Waals surface area contributed by atoms with Crippen molar-refractivity contribution in [2.45, 2.75) is 39.0 Å². The number of aromatic nitrogens is 4. The second kappa shape index (κ2) is 10.1. The molecule has 3 N–H and O–H groups in total. The molecule has 0 bridgehead atoms. The van der Waals surface area contributed by atoms with E-state index in [4.69, 9.17) is 16.3 Å². The Hall–Kier alpha value is -3.01. The average molecular weight is 457 g/mol. The molecular weight excluding hydrogens is 432 g/mol. The number of ether oxygens (including phenoxy) is 1. The van der Waals surface area contributed by atoms with Crippen molar-refractivity contribution in [3.05, 3.63) is 64.3 Å². The lowest BCUT2D eigenvalue weighted by Crippen LogP contribution is -2.28. The highest BCUT2D eigenvalue weighted by Crippen LogP contribution is 2.18. The number of aryl methyl sites for hydroxylation is 1. The molecule has 3 aromatic rings. The number of hydrogen-bond acceptors (Lipinski definition) is 7. The highest BCUT2D eigenvalue weighted by Gasteiger charge is 2.17. The molecule has 0 radical (unpaired) electrons. The Morgan fingerprint density at radius 1 is 1.28 bits per heavy atom. The lowest BCUT2D eigenvalue weighted by Gasteiger charge is -2.23. The largest absolute Gasteiger partial charge is 0.392 e. The third-order valence-electron chi connectivity index (χ3n) is 5.34. The number of imidazole rings is 1. The van der Waals surface area contributed by atoms with E-state index in [9.17, 15) is 9.90 Å². The van der Waals surface area contributed by atoms with Crippen LogP contribution in [0.15, 0.2) is 36.9 Å². The van der Waals surface area contributed by atoms with Crippen LogP contribution in [0.25, 0.3) is 5.82 Å². The quantitative estimate of drug-likeness (QED) is 0.500. The van der Waals surface area contributed by atoms with Crippen LogP contribution in [0.3, 0.4) is 0 Å². The minimum atomic E-state index is -0.324. The van der Waals surface area contributed by atoms with Gasteiger partial charge in [-0.2, -0.15) is 4.98 Å². The number of rotatable bonds is 7. The number of nitrogens with zero attached hydrogens (tertiary/aromatic N) is 4. The fourth-order valence-corrected chi connectivity index (χ4v) is 3.72. The van der Waals surface area contributed by atoms with E-state index in [0.717, 1.165) is 37.2 Å². The molecule has 1 amide bonds. The third-order valence-corrected chi connectivity index (χ3v) is 5.57. The summed E-state index contributed by atoms with van der Waals surface area (Å²) >= 11 is 5.96. The van der Waals surface area contributed by atoms with Gasteiger partial charge in [-0.05, 0) is 43.0 Å². The zero-order valence-corrected chi connectivity index (χ0v) is 18.5. The second-order valence-electron chi connectivity index (χ2n) is 7.65. The molecule has 9 nitrogen and oxygen atoms in total. The summed E-state index contributed by atoms with van der Waals surface area (Å²) < 4.78 is 7.10. The molecule has 0 atom stereocenters. The number of amides is 1. The molecule has 1 aromatic carbocycles. The molecule has 1 aliphatic heterocycles. The fourth-order valence-electron chi connectivity index (χ4n) is 3.52. The summed E-state index contributed by atoms with van der Waals surface area (Å²) in [6, 6.07) is 5.46. The van der Waals surface area contributed by atoms with E-state index in [1.165, 1.54) is 0 Å². The summed E-state index contributed by atoms with van der Waals surface area (Å²) in [4.78, 5) is 25.8. The number of carbonyl (C=O) groups excluding carboxylic acids is 1. The van der Waals surface area contributed by atoms with Crippen LogP contribution in [0.2, 0.25) is 5.02 Å². The van der Waals surface area contributed by atoms with Crippen LogP contribution in [-0.4, -0.2) is 49.8 Å². The van der Waals surface area contributed by atoms with Crippen molar-refractivity contribution in [2.75, 3.05) is 18.5 Å². The van der Waals surface area contributed by atoms with Gasteiger partial charge in [-0.1, -0.05) is 17.7 Å². The van der Waals surface area contributed by atoms with Gasteiger partial charge in [0.05, 0.1) is 6.61 Å². The molecule has 0 spiro atoms. The molecule has 0 aliphatic carbocycles. The van der Waals surface area contributed by atoms with Gasteiger partial charge in [0.15, 0.2) is 0 Å². The van der Waals surface area contributed by atoms with Crippen molar-refractivity contribution in [2.24, 2.45) is 0 Å². The van der Waals surface area contributed by atoms with E-state index in [1.807, 2.05) is 6.92 Å². The predicted molar refractivity (Wildman–Crippen MR) is 120 cm³/mol. The number of nitrogens with one attached hydrogen (secondary N) is 2. The van der Waals surface area contributed by atoms with Crippen molar-refractivity contribution in [1.82, 2.24) is 24.8 Å². The van der Waals surface area contributed by atoms with Gasteiger partial charge in [0.1, 0.15) is 17.8 Å². The Morgan fingerprint density at radius 3 is 2.88 bits per heavy atom.